The van der Waals surface area contributed by atoms with E-state index in [0.717, 1.165) is 25.8 Å². The minimum Gasteiger partial charge on any atom is -0.352 e. The second kappa shape index (κ2) is 7.89. The summed E-state index contributed by atoms with van der Waals surface area (Å²) in [5, 5.41) is 6.30. The van der Waals surface area contributed by atoms with Gasteiger partial charge in [0.2, 0.25) is 5.91 Å². The van der Waals surface area contributed by atoms with Gasteiger partial charge in [0, 0.05) is 28.9 Å². The molecule has 1 heterocycles. The van der Waals surface area contributed by atoms with Gasteiger partial charge in [-0.3, -0.25) is 9.00 Å². The highest BCUT2D eigenvalue weighted by Crippen LogP contribution is 2.19. The van der Waals surface area contributed by atoms with E-state index >= 15 is 0 Å². The molecule has 1 rings (SSSR count). The Hall–Kier alpha value is -0.420. The number of amides is 1. The predicted molar refractivity (Wildman–Crippen MR) is 76.0 cm³/mol. The maximum atomic E-state index is 12.1. The summed E-state index contributed by atoms with van der Waals surface area (Å²) in [4.78, 5) is 12.1. The zero-order valence-corrected chi connectivity index (χ0v) is 12.5. The molecule has 0 aromatic rings. The molecule has 0 aromatic carbocycles. The van der Waals surface area contributed by atoms with Gasteiger partial charge >= 0.3 is 0 Å². The number of carbonyl (C=O) groups is 1. The summed E-state index contributed by atoms with van der Waals surface area (Å²) in [6, 6.07) is 0.0588. The maximum Gasteiger partial charge on any atom is 0.237 e. The molecule has 0 saturated carbocycles. The van der Waals surface area contributed by atoms with E-state index in [0.29, 0.717) is 11.7 Å². The van der Waals surface area contributed by atoms with Gasteiger partial charge in [-0.15, -0.1) is 0 Å². The van der Waals surface area contributed by atoms with E-state index in [-0.39, 0.29) is 18.0 Å². The SMILES string of the molecule is CCC1CCNC(C(=O)NC(C)CCS(C)=O)C1. The van der Waals surface area contributed by atoms with Gasteiger partial charge in [-0.1, -0.05) is 13.3 Å². The first kappa shape index (κ1) is 15.6. The predicted octanol–water partition coefficient (Wildman–Crippen LogP) is 1.04. The van der Waals surface area contributed by atoms with Crippen LogP contribution in [-0.2, 0) is 15.6 Å². The number of carbonyl (C=O) groups excluding carboxylic acids is 1. The number of nitrogens with one attached hydrogen (secondary N) is 2. The van der Waals surface area contributed by atoms with Crippen molar-refractivity contribution in [2.45, 2.75) is 51.6 Å². The molecule has 1 amide bonds. The molecule has 4 unspecified atom stereocenters. The highest BCUT2D eigenvalue weighted by atomic mass is 32.2. The summed E-state index contributed by atoms with van der Waals surface area (Å²) in [7, 11) is -0.780. The summed E-state index contributed by atoms with van der Waals surface area (Å²) in [6.07, 6.45) is 5.73. The van der Waals surface area contributed by atoms with E-state index in [1.54, 1.807) is 6.26 Å². The molecule has 1 aliphatic heterocycles. The zero-order chi connectivity index (χ0) is 13.5. The Kier molecular flexibility index (Phi) is 6.86. The smallest absolute Gasteiger partial charge is 0.237 e. The molecule has 4 atom stereocenters. The van der Waals surface area contributed by atoms with Gasteiger partial charge in [0.15, 0.2) is 0 Å². The van der Waals surface area contributed by atoms with Crippen molar-refractivity contribution in [3.8, 4) is 0 Å². The molecular formula is C13H26N2O2S. The van der Waals surface area contributed by atoms with Crippen molar-refractivity contribution in [3.05, 3.63) is 0 Å². The molecule has 2 N–H and O–H groups in total. The maximum absolute atomic E-state index is 12.1. The van der Waals surface area contributed by atoms with Gasteiger partial charge < -0.3 is 10.6 Å². The van der Waals surface area contributed by atoms with Crippen LogP contribution in [-0.4, -0.2) is 40.8 Å². The quantitative estimate of drug-likeness (QED) is 0.761. The van der Waals surface area contributed by atoms with E-state index in [2.05, 4.69) is 17.6 Å². The largest absolute Gasteiger partial charge is 0.352 e. The molecule has 4 nitrogen and oxygen atoms in total. The van der Waals surface area contributed by atoms with Crippen LogP contribution in [0.5, 0.6) is 0 Å². The van der Waals surface area contributed by atoms with Crippen LogP contribution < -0.4 is 10.6 Å². The van der Waals surface area contributed by atoms with Gasteiger partial charge in [-0.25, -0.2) is 0 Å². The minimum absolute atomic E-state index is 0.0433. The summed E-state index contributed by atoms with van der Waals surface area (Å²) in [5.74, 6) is 1.42. The first-order chi connectivity index (χ1) is 8.52. The molecule has 1 saturated heterocycles. The lowest BCUT2D eigenvalue weighted by Crippen LogP contribution is -2.50. The molecule has 0 aliphatic carbocycles. The molecule has 1 aliphatic rings. The first-order valence-electron chi connectivity index (χ1n) is 6.86. The molecule has 18 heavy (non-hydrogen) atoms. The Morgan fingerprint density at radius 1 is 1.56 bits per heavy atom. The fourth-order valence-electron chi connectivity index (χ4n) is 2.33. The number of rotatable bonds is 6. The van der Waals surface area contributed by atoms with Crippen LogP contribution >= 0.6 is 0 Å². The third-order valence-corrected chi connectivity index (χ3v) is 4.44. The van der Waals surface area contributed by atoms with Gasteiger partial charge in [-0.2, -0.15) is 0 Å². The van der Waals surface area contributed by atoms with E-state index in [9.17, 15) is 9.00 Å². The van der Waals surface area contributed by atoms with Gasteiger partial charge in [0.1, 0.15) is 0 Å². The number of piperidine rings is 1. The fourth-order valence-corrected chi connectivity index (χ4v) is 3.01. The molecular weight excluding hydrogens is 248 g/mol. The monoisotopic (exact) mass is 274 g/mol. The highest BCUT2D eigenvalue weighted by molar-refractivity contribution is 7.84. The van der Waals surface area contributed by atoms with Crippen molar-refractivity contribution in [2.75, 3.05) is 18.6 Å². The Morgan fingerprint density at radius 3 is 2.89 bits per heavy atom. The molecule has 5 heteroatoms. The lowest BCUT2D eigenvalue weighted by molar-refractivity contribution is -0.124. The fraction of sp³-hybridized carbons (Fsp3) is 0.923. The van der Waals surface area contributed by atoms with Crippen molar-refractivity contribution in [1.82, 2.24) is 10.6 Å². The molecule has 1 fully saturated rings. The minimum atomic E-state index is -0.780. The molecule has 0 bridgehead atoms. The number of hydrogen-bond acceptors (Lipinski definition) is 3. The lowest BCUT2D eigenvalue weighted by atomic mass is 9.90. The normalized spacial score (nSPS) is 27.5. The second-order valence-electron chi connectivity index (χ2n) is 5.28. The lowest BCUT2D eigenvalue weighted by Gasteiger charge is -2.29. The van der Waals surface area contributed by atoms with E-state index in [1.807, 2.05) is 6.92 Å². The molecule has 0 spiro atoms. The molecule has 0 aromatic heterocycles. The topological polar surface area (TPSA) is 58.2 Å². The third kappa shape index (κ3) is 5.48. The van der Waals surface area contributed by atoms with Gasteiger partial charge in [-0.05, 0) is 38.6 Å². The second-order valence-corrected chi connectivity index (χ2v) is 6.84. The Balaban J connectivity index is 2.32. The average Bonchev–Trinajstić information content (AvgIpc) is 2.36. The van der Waals surface area contributed by atoms with E-state index < -0.39 is 10.8 Å². The first-order valence-corrected chi connectivity index (χ1v) is 8.59. The standard InChI is InChI=1S/C13H26N2O2S/c1-4-11-5-7-14-12(9-11)13(16)15-10(2)6-8-18(3)17/h10-12,14H,4-9H2,1-3H3,(H,15,16). The molecule has 106 valence electrons. The van der Waals surface area contributed by atoms with Crippen molar-refractivity contribution < 1.29 is 9.00 Å². The van der Waals surface area contributed by atoms with Crippen LogP contribution in [0.1, 0.15) is 39.5 Å². The van der Waals surface area contributed by atoms with Crippen LogP contribution in [0.3, 0.4) is 0 Å². The Morgan fingerprint density at radius 2 is 2.28 bits per heavy atom. The Bertz CT molecular complexity index is 297. The van der Waals surface area contributed by atoms with Crippen LogP contribution in [0.25, 0.3) is 0 Å². The van der Waals surface area contributed by atoms with Crippen LogP contribution in [0.4, 0.5) is 0 Å². The zero-order valence-electron chi connectivity index (χ0n) is 11.7. The van der Waals surface area contributed by atoms with Crippen molar-refractivity contribution in [1.29, 1.82) is 0 Å². The highest BCUT2D eigenvalue weighted by Gasteiger charge is 2.26. The third-order valence-electron chi connectivity index (χ3n) is 3.63. The van der Waals surface area contributed by atoms with Gasteiger partial charge in [0.05, 0.1) is 6.04 Å². The van der Waals surface area contributed by atoms with E-state index in [4.69, 9.17) is 0 Å². The summed E-state index contributed by atoms with van der Waals surface area (Å²) >= 11 is 0. The van der Waals surface area contributed by atoms with Crippen LogP contribution in [0.2, 0.25) is 0 Å². The van der Waals surface area contributed by atoms with Crippen molar-refractivity contribution >= 4 is 16.7 Å². The van der Waals surface area contributed by atoms with Gasteiger partial charge in [0.25, 0.3) is 0 Å². The van der Waals surface area contributed by atoms with Crippen LogP contribution in [0, 0.1) is 5.92 Å². The summed E-state index contributed by atoms with van der Waals surface area (Å²) in [5.41, 5.74) is 0. The van der Waals surface area contributed by atoms with Crippen molar-refractivity contribution in [2.24, 2.45) is 5.92 Å². The average molecular weight is 274 g/mol. The summed E-state index contributed by atoms with van der Waals surface area (Å²) < 4.78 is 11.0. The number of hydrogen-bond donors (Lipinski definition) is 2. The van der Waals surface area contributed by atoms with Crippen LogP contribution in [0.15, 0.2) is 0 Å². The Labute approximate surface area is 113 Å². The van der Waals surface area contributed by atoms with E-state index in [1.165, 1.54) is 6.42 Å². The summed E-state index contributed by atoms with van der Waals surface area (Å²) in [6.45, 7) is 5.10. The van der Waals surface area contributed by atoms with Crippen molar-refractivity contribution in [3.63, 3.8) is 0 Å². The molecule has 0 radical (unpaired) electrons.